The molecule has 0 aliphatic carbocycles. The van der Waals surface area contributed by atoms with Crippen molar-refractivity contribution in [1.82, 2.24) is 19.9 Å². The van der Waals surface area contributed by atoms with E-state index in [0.29, 0.717) is 0 Å². The maximum absolute atomic E-state index is 13.6. The average molecular weight is 424 g/mol. The van der Waals surface area contributed by atoms with Gasteiger partial charge in [0.25, 0.3) is 11.1 Å². The molecule has 31 heavy (non-hydrogen) atoms. The highest BCUT2D eigenvalue weighted by molar-refractivity contribution is 5.58. The van der Waals surface area contributed by atoms with E-state index in [1.54, 1.807) is 18.5 Å². The Labute approximate surface area is 176 Å². The van der Waals surface area contributed by atoms with Crippen LogP contribution in [-0.4, -0.2) is 19.9 Å². The second-order valence-corrected chi connectivity index (χ2v) is 7.87. The first-order valence-corrected chi connectivity index (χ1v) is 9.53. The van der Waals surface area contributed by atoms with Crippen molar-refractivity contribution in [2.45, 2.75) is 26.2 Å². The number of imidazole rings is 1. The zero-order valence-corrected chi connectivity index (χ0v) is 17.3. The standard InChI is InChI=1S/C23H22F2N4O2/c1-23(2,3)20-17(26-13-27-20)7-5-9-19-22(31)28-18(21(30)29-19)8-4-6-14-12-15(24)10-11-16(14)25/h4-13H,1-3H3,(H,26,27)(H,28,31)(H,29,30)/b6-4+,7-5+,18-8-,19-9-. The molecule has 3 aromatic rings. The lowest BCUT2D eigenvalue weighted by molar-refractivity contribution is 0.571. The van der Waals surface area contributed by atoms with Gasteiger partial charge in [-0.1, -0.05) is 39.0 Å². The first kappa shape index (κ1) is 21.9. The van der Waals surface area contributed by atoms with Crippen LogP contribution < -0.4 is 21.8 Å². The highest BCUT2D eigenvalue weighted by atomic mass is 19.1. The Morgan fingerprint density at radius 3 is 2.16 bits per heavy atom. The maximum atomic E-state index is 13.6. The molecule has 160 valence electrons. The number of hydrogen-bond acceptors (Lipinski definition) is 3. The van der Waals surface area contributed by atoms with Gasteiger partial charge in [0, 0.05) is 16.7 Å². The largest absolute Gasteiger partial charge is 0.348 e. The van der Waals surface area contributed by atoms with Gasteiger partial charge in [-0.15, -0.1) is 0 Å². The second kappa shape index (κ2) is 8.91. The normalized spacial score (nSPS) is 13.7. The summed E-state index contributed by atoms with van der Waals surface area (Å²) in [5.41, 5.74) is 0.561. The Morgan fingerprint density at radius 2 is 1.55 bits per heavy atom. The van der Waals surface area contributed by atoms with Crippen molar-refractivity contribution < 1.29 is 8.78 Å². The molecule has 0 atom stereocenters. The van der Waals surface area contributed by atoms with Crippen molar-refractivity contribution in [2.24, 2.45) is 0 Å². The Bertz CT molecular complexity index is 1390. The molecule has 6 nitrogen and oxygen atoms in total. The molecule has 0 saturated heterocycles. The average Bonchev–Trinajstić information content (AvgIpc) is 3.17. The highest BCUT2D eigenvalue weighted by Crippen LogP contribution is 2.23. The van der Waals surface area contributed by atoms with E-state index in [9.17, 15) is 18.4 Å². The summed E-state index contributed by atoms with van der Waals surface area (Å²) < 4.78 is 26.8. The van der Waals surface area contributed by atoms with Gasteiger partial charge in [0.15, 0.2) is 0 Å². The van der Waals surface area contributed by atoms with Crippen molar-refractivity contribution in [3.8, 4) is 0 Å². The number of aromatic amines is 3. The molecule has 0 aliphatic rings. The molecule has 3 N–H and O–H groups in total. The van der Waals surface area contributed by atoms with Gasteiger partial charge in [-0.05, 0) is 36.4 Å². The highest BCUT2D eigenvalue weighted by Gasteiger charge is 2.18. The number of aromatic nitrogens is 4. The van der Waals surface area contributed by atoms with Crippen LogP contribution in [0.15, 0.2) is 46.3 Å². The first-order chi connectivity index (χ1) is 14.6. The predicted molar refractivity (Wildman–Crippen MR) is 118 cm³/mol. The van der Waals surface area contributed by atoms with Gasteiger partial charge in [0.1, 0.15) is 22.3 Å². The Morgan fingerprint density at radius 1 is 0.935 bits per heavy atom. The van der Waals surface area contributed by atoms with Gasteiger partial charge in [0.2, 0.25) is 0 Å². The number of nitrogens with one attached hydrogen (secondary N) is 3. The van der Waals surface area contributed by atoms with Gasteiger partial charge in [-0.2, -0.15) is 0 Å². The fourth-order valence-electron chi connectivity index (χ4n) is 2.89. The summed E-state index contributed by atoms with van der Waals surface area (Å²) in [6, 6.07) is 3.05. The van der Waals surface area contributed by atoms with Crippen molar-refractivity contribution in [1.29, 1.82) is 0 Å². The predicted octanol–water partition coefficient (Wildman–Crippen LogP) is 2.35. The minimum absolute atomic E-state index is 0.0125. The third-order valence-electron chi connectivity index (χ3n) is 4.42. The molecule has 0 saturated carbocycles. The molecule has 0 aliphatic heterocycles. The molecule has 0 unspecified atom stereocenters. The van der Waals surface area contributed by atoms with Crippen LogP contribution >= 0.6 is 0 Å². The smallest absolute Gasteiger partial charge is 0.272 e. The van der Waals surface area contributed by atoms with E-state index >= 15 is 0 Å². The number of nitrogens with zero attached hydrogens (tertiary/aromatic N) is 1. The first-order valence-electron chi connectivity index (χ1n) is 9.53. The van der Waals surface area contributed by atoms with E-state index < -0.39 is 22.8 Å². The molecular formula is C23H22F2N4O2. The number of H-pyrrole nitrogens is 3. The third kappa shape index (κ3) is 5.42. The molecule has 0 bridgehead atoms. The van der Waals surface area contributed by atoms with Gasteiger partial charge in [-0.25, -0.2) is 13.8 Å². The van der Waals surface area contributed by atoms with E-state index in [0.717, 1.165) is 29.6 Å². The van der Waals surface area contributed by atoms with Crippen LogP contribution in [0.4, 0.5) is 8.78 Å². The Kier molecular flexibility index (Phi) is 6.29. The summed E-state index contributed by atoms with van der Waals surface area (Å²) in [6.07, 6.45) is 10.4. The zero-order chi connectivity index (χ0) is 22.6. The van der Waals surface area contributed by atoms with E-state index in [2.05, 4.69) is 40.7 Å². The van der Waals surface area contributed by atoms with Gasteiger partial charge in [0.05, 0.1) is 12.0 Å². The minimum atomic E-state index is -0.600. The fraction of sp³-hybridized carbons (Fsp3) is 0.174. The number of benzene rings is 1. The van der Waals surface area contributed by atoms with E-state index in [1.807, 2.05) is 0 Å². The topological polar surface area (TPSA) is 94.4 Å². The molecule has 0 radical (unpaired) electrons. The van der Waals surface area contributed by atoms with Crippen molar-refractivity contribution in [3.05, 3.63) is 96.7 Å². The van der Waals surface area contributed by atoms with Crippen LogP contribution in [0.5, 0.6) is 0 Å². The zero-order valence-electron chi connectivity index (χ0n) is 17.3. The van der Waals surface area contributed by atoms with E-state index in [-0.39, 0.29) is 21.7 Å². The van der Waals surface area contributed by atoms with Gasteiger partial charge in [-0.3, -0.25) is 9.59 Å². The Hall–Kier alpha value is -3.81. The number of allylic oxidation sites excluding steroid dienone is 2. The lowest BCUT2D eigenvalue weighted by Gasteiger charge is -2.16. The summed E-state index contributed by atoms with van der Waals surface area (Å²) in [4.78, 5) is 36.9. The molecule has 2 aromatic heterocycles. The molecule has 8 heteroatoms. The summed E-state index contributed by atoms with van der Waals surface area (Å²) in [6.45, 7) is 6.16. The SMILES string of the molecule is CC(C)(C)c1[nH]cnc1/C=C/C=c1\[nH]c(=O)/c(=C/C=C/c2cc(F)ccc2F)[nH]c1=O. The summed E-state index contributed by atoms with van der Waals surface area (Å²) >= 11 is 0. The molecule has 0 fully saturated rings. The second-order valence-electron chi connectivity index (χ2n) is 7.87. The molecule has 2 heterocycles. The monoisotopic (exact) mass is 424 g/mol. The van der Waals surface area contributed by atoms with E-state index in [4.69, 9.17) is 0 Å². The van der Waals surface area contributed by atoms with Crippen molar-refractivity contribution in [3.63, 3.8) is 0 Å². The molecule has 0 spiro atoms. The molecule has 3 rings (SSSR count). The molecule has 1 aromatic carbocycles. The van der Waals surface area contributed by atoms with Gasteiger partial charge >= 0.3 is 0 Å². The lowest BCUT2D eigenvalue weighted by atomic mass is 9.90. The fourth-order valence-corrected chi connectivity index (χ4v) is 2.89. The quantitative estimate of drug-likeness (QED) is 0.600. The molecule has 0 amide bonds. The van der Waals surface area contributed by atoms with Crippen LogP contribution in [0.3, 0.4) is 0 Å². The third-order valence-corrected chi connectivity index (χ3v) is 4.42. The number of rotatable bonds is 4. The van der Waals surface area contributed by atoms with Crippen molar-refractivity contribution >= 4 is 24.3 Å². The minimum Gasteiger partial charge on any atom is -0.348 e. The van der Waals surface area contributed by atoms with Crippen LogP contribution in [0.25, 0.3) is 24.3 Å². The summed E-state index contributed by atoms with van der Waals surface area (Å²) in [7, 11) is 0. The van der Waals surface area contributed by atoms with Crippen LogP contribution in [0.1, 0.15) is 37.7 Å². The Balaban J connectivity index is 1.89. The van der Waals surface area contributed by atoms with Crippen LogP contribution in [0.2, 0.25) is 0 Å². The summed E-state index contributed by atoms with van der Waals surface area (Å²) in [5.74, 6) is -1.18. The lowest BCUT2D eigenvalue weighted by Crippen LogP contribution is -2.46. The van der Waals surface area contributed by atoms with Crippen molar-refractivity contribution in [2.75, 3.05) is 0 Å². The maximum Gasteiger partial charge on any atom is 0.272 e. The van der Waals surface area contributed by atoms with Crippen LogP contribution in [0, 0.1) is 11.6 Å². The van der Waals surface area contributed by atoms with Crippen LogP contribution in [-0.2, 0) is 5.41 Å². The van der Waals surface area contributed by atoms with Gasteiger partial charge < -0.3 is 15.0 Å². The summed E-state index contributed by atoms with van der Waals surface area (Å²) in [5, 5.41) is 0.0629. The number of halogens is 2. The molecular weight excluding hydrogens is 402 g/mol. The number of hydrogen-bond donors (Lipinski definition) is 3. The van der Waals surface area contributed by atoms with E-state index in [1.165, 1.54) is 24.3 Å².